The summed E-state index contributed by atoms with van der Waals surface area (Å²) in [6.45, 7) is 1.77. The fraction of sp³-hybridized carbons (Fsp3) is 0.0588. The number of carbonyl (C=O) groups is 2. The molecule has 126 valence electrons. The normalized spacial score (nSPS) is 10.3. The number of amides is 2. The lowest BCUT2D eigenvalue weighted by molar-refractivity contribution is 0.101. The Labute approximate surface area is 152 Å². The second-order valence-corrected chi connectivity index (χ2v) is 6.37. The molecule has 0 aliphatic heterocycles. The average Bonchev–Trinajstić information content (AvgIpc) is 3.09. The largest absolute Gasteiger partial charge is 0.322 e. The summed E-state index contributed by atoms with van der Waals surface area (Å²) in [7, 11) is 0. The third-order valence-corrected chi connectivity index (χ3v) is 4.36. The molecule has 0 spiro atoms. The fourth-order valence-corrected chi connectivity index (χ4v) is 2.90. The molecule has 3 aromatic rings. The van der Waals surface area contributed by atoms with Gasteiger partial charge in [0.2, 0.25) is 0 Å². The molecule has 0 bridgehead atoms. The Morgan fingerprint density at radius 1 is 1.08 bits per heavy atom. The Morgan fingerprint density at radius 2 is 1.92 bits per heavy atom. The van der Waals surface area contributed by atoms with E-state index in [0.717, 1.165) is 0 Å². The zero-order valence-electron chi connectivity index (χ0n) is 13.1. The van der Waals surface area contributed by atoms with Crippen molar-refractivity contribution < 1.29 is 9.59 Å². The van der Waals surface area contributed by atoms with E-state index in [2.05, 4.69) is 20.6 Å². The van der Waals surface area contributed by atoms with E-state index in [-0.39, 0.29) is 17.0 Å². The summed E-state index contributed by atoms with van der Waals surface area (Å²) < 4.78 is 0. The molecule has 0 saturated carbocycles. The SMILES string of the molecule is Cc1c(NC(=O)c2ccnc(Cl)c2)cccc1C(=O)Nc1nccs1. The molecule has 0 aliphatic carbocycles. The minimum Gasteiger partial charge on any atom is -0.322 e. The lowest BCUT2D eigenvalue weighted by atomic mass is 10.1. The summed E-state index contributed by atoms with van der Waals surface area (Å²) in [5.41, 5.74) is 2.05. The molecule has 6 nitrogen and oxygen atoms in total. The van der Waals surface area contributed by atoms with Gasteiger partial charge in [-0.05, 0) is 36.8 Å². The number of anilines is 2. The van der Waals surface area contributed by atoms with Gasteiger partial charge in [-0.3, -0.25) is 14.9 Å². The number of hydrogen-bond donors (Lipinski definition) is 2. The molecule has 0 unspecified atom stereocenters. The van der Waals surface area contributed by atoms with Gasteiger partial charge >= 0.3 is 0 Å². The Bertz CT molecular complexity index is 928. The maximum absolute atomic E-state index is 12.4. The van der Waals surface area contributed by atoms with E-state index >= 15 is 0 Å². The van der Waals surface area contributed by atoms with E-state index in [1.165, 1.54) is 23.6 Å². The molecule has 3 rings (SSSR count). The van der Waals surface area contributed by atoms with Crippen LogP contribution in [0.5, 0.6) is 0 Å². The van der Waals surface area contributed by atoms with Gasteiger partial charge in [0, 0.05) is 34.6 Å². The summed E-state index contributed by atoms with van der Waals surface area (Å²) >= 11 is 7.14. The summed E-state index contributed by atoms with van der Waals surface area (Å²) in [6.07, 6.45) is 3.08. The quantitative estimate of drug-likeness (QED) is 0.678. The van der Waals surface area contributed by atoms with Crippen molar-refractivity contribution in [2.45, 2.75) is 6.92 Å². The smallest absolute Gasteiger partial charge is 0.257 e. The van der Waals surface area contributed by atoms with E-state index in [0.29, 0.717) is 27.5 Å². The van der Waals surface area contributed by atoms with Gasteiger partial charge in [0.1, 0.15) is 5.15 Å². The number of carbonyl (C=O) groups excluding carboxylic acids is 2. The second kappa shape index (κ2) is 7.42. The van der Waals surface area contributed by atoms with Crippen LogP contribution in [0.25, 0.3) is 0 Å². The van der Waals surface area contributed by atoms with Gasteiger partial charge in [0.05, 0.1) is 0 Å². The lowest BCUT2D eigenvalue weighted by Crippen LogP contribution is -2.17. The number of benzene rings is 1. The first kappa shape index (κ1) is 17.1. The number of halogens is 1. The Hall–Kier alpha value is -2.77. The van der Waals surface area contributed by atoms with E-state index in [1.54, 1.807) is 42.8 Å². The van der Waals surface area contributed by atoms with Crippen LogP contribution in [0.3, 0.4) is 0 Å². The first-order valence-corrected chi connectivity index (χ1v) is 8.53. The van der Waals surface area contributed by atoms with E-state index in [1.807, 2.05) is 0 Å². The van der Waals surface area contributed by atoms with Gasteiger partial charge in [-0.2, -0.15) is 0 Å². The lowest BCUT2D eigenvalue weighted by Gasteiger charge is -2.12. The van der Waals surface area contributed by atoms with Crippen molar-refractivity contribution in [2.24, 2.45) is 0 Å². The molecule has 0 atom stereocenters. The van der Waals surface area contributed by atoms with Crippen LogP contribution in [0.2, 0.25) is 5.15 Å². The molecule has 1 aromatic carbocycles. The number of aromatic nitrogens is 2. The van der Waals surface area contributed by atoms with Gasteiger partial charge in [0.15, 0.2) is 5.13 Å². The van der Waals surface area contributed by atoms with Crippen molar-refractivity contribution in [1.82, 2.24) is 9.97 Å². The molecule has 0 saturated heterocycles. The monoisotopic (exact) mass is 372 g/mol. The standard InChI is InChI=1S/C17H13ClN4O2S/c1-10-12(16(24)22-17-20-7-8-25-17)3-2-4-13(10)21-15(23)11-5-6-19-14(18)9-11/h2-9H,1H3,(H,21,23)(H,20,22,24). The zero-order chi connectivity index (χ0) is 17.8. The van der Waals surface area contributed by atoms with Gasteiger partial charge in [-0.1, -0.05) is 17.7 Å². The summed E-state index contributed by atoms with van der Waals surface area (Å²) in [6, 6.07) is 8.17. The molecule has 2 heterocycles. The third kappa shape index (κ3) is 4.01. The van der Waals surface area contributed by atoms with Crippen LogP contribution in [-0.4, -0.2) is 21.8 Å². The molecule has 25 heavy (non-hydrogen) atoms. The Balaban J connectivity index is 1.81. The highest BCUT2D eigenvalue weighted by atomic mass is 35.5. The molecule has 2 amide bonds. The molecule has 0 aliphatic rings. The number of pyridine rings is 1. The van der Waals surface area contributed by atoms with Crippen molar-refractivity contribution in [3.8, 4) is 0 Å². The first-order valence-electron chi connectivity index (χ1n) is 7.28. The van der Waals surface area contributed by atoms with Crippen LogP contribution >= 0.6 is 22.9 Å². The number of nitrogens with one attached hydrogen (secondary N) is 2. The molecule has 2 aromatic heterocycles. The van der Waals surface area contributed by atoms with Gasteiger partial charge < -0.3 is 5.32 Å². The fourth-order valence-electron chi connectivity index (χ4n) is 2.20. The van der Waals surface area contributed by atoms with Gasteiger partial charge in [0.25, 0.3) is 11.8 Å². The molecule has 2 N–H and O–H groups in total. The number of nitrogens with zero attached hydrogens (tertiary/aromatic N) is 2. The van der Waals surface area contributed by atoms with E-state index < -0.39 is 0 Å². The van der Waals surface area contributed by atoms with Crippen LogP contribution in [0.1, 0.15) is 26.3 Å². The minimum absolute atomic E-state index is 0.237. The first-order chi connectivity index (χ1) is 12.0. The predicted octanol–water partition coefficient (Wildman–Crippen LogP) is 4.00. The van der Waals surface area contributed by atoms with Crippen molar-refractivity contribution >= 4 is 45.6 Å². The molecular formula is C17H13ClN4O2S. The highest BCUT2D eigenvalue weighted by Gasteiger charge is 2.15. The number of rotatable bonds is 4. The van der Waals surface area contributed by atoms with Crippen LogP contribution in [0.15, 0.2) is 48.1 Å². The van der Waals surface area contributed by atoms with Crippen molar-refractivity contribution in [3.05, 3.63) is 69.9 Å². The minimum atomic E-state index is -0.329. The number of thiazole rings is 1. The zero-order valence-corrected chi connectivity index (χ0v) is 14.7. The maximum atomic E-state index is 12.4. The van der Waals surface area contributed by atoms with Crippen molar-refractivity contribution in [2.75, 3.05) is 10.6 Å². The van der Waals surface area contributed by atoms with Crippen LogP contribution in [0, 0.1) is 6.92 Å². The second-order valence-electron chi connectivity index (χ2n) is 5.09. The molecule has 8 heteroatoms. The van der Waals surface area contributed by atoms with Crippen LogP contribution < -0.4 is 10.6 Å². The Kier molecular flexibility index (Phi) is 5.06. The molecule has 0 radical (unpaired) electrons. The summed E-state index contributed by atoms with van der Waals surface area (Å²) in [5, 5.41) is 8.05. The van der Waals surface area contributed by atoms with Crippen molar-refractivity contribution in [1.29, 1.82) is 0 Å². The van der Waals surface area contributed by atoms with Crippen LogP contribution in [0.4, 0.5) is 10.8 Å². The van der Waals surface area contributed by atoms with Crippen molar-refractivity contribution in [3.63, 3.8) is 0 Å². The predicted molar refractivity (Wildman–Crippen MR) is 98.4 cm³/mol. The van der Waals surface area contributed by atoms with Crippen LogP contribution in [-0.2, 0) is 0 Å². The molecular weight excluding hydrogens is 360 g/mol. The van der Waals surface area contributed by atoms with E-state index in [4.69, 9.17) is 11.6 Å². The third-order valence-electron chi connectivity index (χ3n) is 3.47. The Morgan fingerprint density at radius 3 is 2.64 bits per heavy atom. The highest BCUT2D eigenvalue weighted by Crippen LogP contribution is 2.22. The topological polar surface area (TPSA) is 84.0 Å². The summed E-state index contributed by atoms with van der Waals surface area (Å²) in [5.74, 6) is -0.611. The van der Waals surface area contributed by atoms with Gasteiger partial charge in [-0.15, -0.1) is 11.3 Å². The van der Waals surface area contributed by atoms with Gasteiger partial charge in [-0.25, -0.2) is 9.97 Å². The summed E-state index contributed by atoms with van der Waals surface area (Å²) in [4.78, 5) is 32.6. The average molecular weight is 373 g/mol. The number of hydrogen-bond acceptors (Lipinski definition) is 5. The van der Waals surface area contributed by atoms with E-state index in [9.17, 15) is 9.59 Å². The highest BCUT2D eigenvalue weighted by molar-refractivity contribution is 7.13. The maximum Gasteiger partial charge on any atom is 0.257 e. The molecule has 0 fully saturated rings.